The van der Waals surface area contributed by atoms with Gasteiger partial charge in [-0.15, -0.1) is 0 Å². The van der Waals surface area contributed by atoms with Gasteiger partial charge in [0.05, 0.1) is 17.2 Å². The van der Waals surface area contributed by atoms with E-state index in [1.807, 2.05) is 0 Å². The van der Waals surface area contributed by atoms with Gasteiger partial charge >= 0.3 is 6.09 Å². The molecule has 2 rings (SSSR count). The van der Waals surface area contributed by atoms with Crippen LogP contribution in [0.1, 0.15) is 13.8 Å². The van der Waals surface area contributed by atoms with Crippen LogP contribution in [0.5, 0.6) is 0 Å². The molecule has 7 nitrogen and oxygen atoms in total. The molecular formula is C17H18N2O5S. The molecule has 0 fully saturated rings. The minimum atomic E-state index is -4.17. The molecule has 0 bridgehead atoms. The van der Waals surface area contributed by atoms with E-state index < -0.39 is 16.1 Å². The van der Waals surface area contributed by atoms with Crippen molar-refractivity contribution < 1.29 is 22.7 Å². The third kappa shape index (κ3) is 4.36. The van der Waals surface area contributed by atoms with Crippen molar-refractivity contribution >= 4 is 33.4 Å². The zero-order valence-corrected chi connectivity index (χ0v) is 14.6. The first-order valence-electron chi connectivity index (χ1n) is 7.51. The molecule has 0 aliphatic rings. The number of carbonyl (C=O) groups is 2. The summed E-state index contributed by atoms with van der Waals surface area (Å²) in [6.07, 6.45) is -0.986. The number of hydrogen-bond acceptors (Lipinski definition) is 5. The first-order chi connectivity index (χ1) is 11.9. The van der Waals surface area contributed by atoms with E-state index in [1.54, 1.807) is 25.1 Å². The van der Waals surface area contributed by atoms with Crippen molar-refractivity contribution in [2.24, 2.45) is 0 Å². The zero-order chi connectivity index (χ0) is 18.4. The highest BCUT2D eigenvalue weighted by Crippen LogP contribution is 2.25. The predicted octanol–water partition coefficient (Wildman–Crippen LogP) is 3.00. The number of hydrogen-bond donors (Lipinski definition) is 1. The second-order valence-corrected chi connectivity index (χ2v) is 6.80. The molecular weight excluding hydrogens is 344 g/mol. The van der Waals surface area contributed by atoms with Gasteiger partial charge in [0.15, 0.2) is 0 Å². The highest BCUT2D eigenvalue weighted by molar-refractivity contribution is 7.93. The molecule has 0 saturated heterocycles. The van der Waals surface area contributed by atoms with Crippen LogP contribution in [0.3, 0.4) is 0 Å². The summed E-state index contributed by atoms with van der Waals surface area (Å²) in [6.45, 7) is 2.98. The molecule has 1 N–H and O–H groups in total. The van der Waals surface area contributed by atoms with E-state index in [0.717, 1.165) is 0 Å². The fourth-order valence-electron chi connectivity index (χ4n) is 2.11. The zero-order valence-electron chi connectivity index (χ0n) is 13.8. The maximum absolute atomic E-state index is 12.9. The summed E-state index contributed by atoms with van der Waals surface area (Å²) >= 11 is 0. The Hall–Kier alpha value is -2.87. The minimum absolute atomic E-state index is 0.0408. The highest BCUT2D eigenvalue weighted by Gasteiger charge is 2.32. The van der Waals surface area contributed by atoms with E-state index in [0.29, 0.717) is 9.99 Å². The SMILES string of the molecule is CCOC(=O)N(c1ccccc1)S(=O)(=O)c1ccc(NC(C)=O)cc1. The van der Waals surface area contributed by atoms with Gasteiger partial charge in [-0.25, -0.2) is 13.2 Å². The van der Waals surface area contributed by atoms with E-state index in [-0.39, 0.29) is 23.1 Å². The fourth-order valence-corrected chi connectivity index (χ4v) is 3.45. The number of nitrogens with zero attached hydrogens (tertiary/aromatic N) is 1. The van der Waals surface area contributed by atoms with Crippen LogP contribution in [-0.4, -0.2) is 27.0 Å². The predicted molar refractivity (Wildman–Crippen MR) is 93.9 cm³/mol. The summed E-state index contributed by atoms with van der Waals surface area (Å²) in [5.74, 6) is -0.270. The number of sulfonamides is 1. The van der Waals surface area contributed by atoms with Crippen LogP contribution in [0.25, 0.3) is 0 Å². The summed E-state index contributed by atoms with van der Waals surface area (Å²) < 4.78 is 31.3. The number of para-hydroxylation sites is 1. The number of carbonyl (C=O) groups excluding carboxylic acids is 2. The average molecular weight is 362 g/mol. The summed E-state index contributed by atoms with van der Waals surface area (Å²) in [7, 11) is -4.17. The first kappa shape index (κ1) is 18.5. The summed E-state index contributed by atoms with van der Waals surface area (Å²) in [5, 5.41) is 2.55. The maximum atomic E-state index is 12.9. The van der Waals surface area contributed by atoms with E-state index in [2.05, 4.69) is 5.32 Å². The van der Waals surface area contributed by atoms with Gasteiger partial charge in [0.1, 0.15) is 0 Å². The molecule has 2 aromatic rings. The third-order valence-electron chi connectivity index (χ3n) is 3.14. The van der Waals surface area contributed by atoms with E-state index in [1.165, 1.54) is 43.3 Å². The molecule has 0 aliphatic carbocycles. The normalized spacial score (nSPS) is 10.8. The standard InChI is InChI=1S/C17H18N2O5S/c1-3-24-17(21)19(15-7-5-4-6-8-15)25(22,23)16-11-9-14(10-12-16)18-13(2)20/h4-12H,3H2,1-2H3,(H,18,20). The second-order valence-electron chi connectivity index (χ2n) is 5.01. The second kappa shape index (κ2) is 7.80. The Morgan fingerprint density at radius 1 is 1.04 bits per heavy atom. The Kier molecular flexibility index (Phi) is 5.76. The molecule has 132 valence electrons. The number of anilines is 2. The number of ether oxygens (including phenoxy) is 1. The molecule has 8 heteroatoms. The lowest BCUT2D eigenvalue weighted by Crippen LogP contribution is -2.37. The van der Waals surface area contributed by atoms with Gasteiger partial charge in [0.25, 0.3) is 10.0 Å². The quantitative estimate of drug-likeness (QED) is 0.882. The van der Waals surface area contributed by atoms with Gasteiger partial charge < -0.3 is 10.1 Å². The maximum Gasteiger partial charge on any atom is 0.428 e. The molecule has 0 aromatic heterocycles. The van der Waals surface area contributed by atoms with Gasteiger partial charge in [-0.3, -0.25) is 4.79 Å². The van der Waals surface area contributed by atoms with Gasteiger partial charge in [-0.05, 0) is 43.3 Å². The average Bonchev–Trinajstić information content (AvgIpc) is 2.56. The lowest BCUT2D eigenvalue weighted by molar-refractivity contribution is -0.114. The van der Waals surface area contributed by atoms with Crippen molar-refractivity contribution in [1.82, 2.24) is 0 Å². The third-order valence-corrected chi connectivity index (χ3v) is 4.85. The fraction of sp³-hybridized carbons (Fsp3) is 0.176. The minimum Gasteiger partial charge on any atom is -0.449 e. The largest absolute Gasteiger partial charge is 0.449 e. The highest BCUT2D eigenvalue weighted by atomic mass is 32.2. The first-order valence-corrected chi connectivity index (χ1v) is 8.95. The summed E-state index contributed by atoms with van der Waals surface area (Å²) in [5.41, 5.74) is 0.626. The van der Waals surface area contributed by atoms with Gasteiger partial charge in [0.2, 0.25) is 5.91 Å². The Morgan fingerprint density at radius 3 is 2.16 bits per heavy atom. The van der Waals surface area contributed by atoms with Gasteiger partial charge in [-0.2, -0.15) is 4.31 Å². The van der Waals surface area contributed by atoms with Crippen LogP contribution in [0.4, 0.5) is 16.2 Å². The molecule has 25 heavy (non-hydrogen) atoms. The molecule has 0 radical (unpaired) electrons. The van der Waals surface area contributed by atoms with Crippen molar-refractivity contribution in [1.29, 1.82) is 0 Å². The van der Waals surface area contributed by atoms with Crippen molar-refractivity contribution in [2.75, 3.05) is 16.2 Å². The monoisotopic (exact) mass is 362 g/mol. The lowest BCUT2D eigenvalue weighted by Gasteiger charge is -2.21. The van der Waals surface area contributed by atoms with Crippen molar-refractivity contribution in [3.05, 3.63) is 54.6 Å². The Morgan fingerprint density at radius 2 is 1.64 bits per heavy atom. The molecule has 0 saturated carbocycles. The number of benzene rings is 2. The van der Waals surface area contributed by atoms with Gasteiger partial charge in [-0.1, -0.05) is 18.2 Å². The van der Waals surface area contributed by atoms with Crippen molar-refractivity contribution in [3.8, 4) is 0 Å². The van der Waals surface area contributed by atoms with E-state index in [9.17, 15) is 18.0 Å². The van der Waals surface area contributed by atoms with Crippen LogP contribution < -0.4 is 9.62 Å². The van der Waals surface area contributed by atoms with Crippen molar-refractivity contribution in [3.63, 3.8) is 0 Å². The van der Waals surface area contributed by atoms with Crippen LogP contribution in [0.2, 0.25) is 0 Å². The summed E-state index contributed by atoms with van der Waals surface area (Å²) in [6, 6.07) is 13.5. The number of nitrogens with one attached hydrogen (secondary N) is 1. The molecule has 0 heterocycles. The molecule has 2 amide bonds. The topological polar surface area (TPSA) is 92.8 Å². The number of amides is 2. The van der Waals surface area contributed by atoms with Crippen LogP contribution in [-0.2, 0) is 19.6 Å². The smallest absolute Gasteiger partial charge is 0.428 e. The van der Waals surface area contributed by atoms with Crippen LogP contribution in [0.15, 0.2) is 59.5 Å². The molecule has 0 aliphatic heterocycles. The van der Waals surface area contributed by atoms with Crippen molar-refractivity contribution in [2.45, 2.75) is 18.7 Å². The Balaban J connectivity index is 2.44. The molecule has 2 aromatic carbocycles. The van der Waals surface area contributed by atoms with Gasteiger partial charge in [0, 0.05) is 12.6 Å². The van der Waals surface area contributed by atoms with Crippen LogP contribution in [0, 0.1) is 0 Å². The molecule has 0 atom stereocenters. The Labute approximate surface area is 146 Å². The molecule has 0 spiro atoms. The number of rotatable bonds is 5. The van der Waals surface area contributed by atoms with E-state index >= 15 is 0 Å². The summed E-state index contributed by atoms with van der Waals surface area (Å²) in [4.78, 5) is 23.2. The van der Waals surface area contributed by atoms with E-state index in [4.69, 9.17) is 4.74 Å². The Bertz CT molecular complexity index is 848. The van der Waals surface area contributed by atoms with Crippen LogP contribution >= 0.6 is 0 Å². The molecule has 0 unspecified atom stereocenters. The lowest BCUT2D eigenvalue weighted by atomic mass is 10.3.